The van der Waals surface area contributed by atoms with Crippen LogP contribution in [0.5, 0.6) is 0 Å². The molecule has 11 rings (SSSR count). The zero-order chi connectivity index (χ0) is 39.1. The highest BCUT2D eigenvalue weighted by molar-refractivity contribution is 6.20. The Morgan fingerprint density at radius 3 is 1.64 bits per heavy atom. The fourth-order valence-corrected chi connectivity index (χ4v) is 7.80. The van der Waals surface area contributed by atoms with Crippen LogP contribution < -0.4 is 0 Å². The predicted molar refractivity (Wildman–Crippen MR) is 238 cm³/mol. The van der Waals surface area contributed by atoms with E-state index in [0.717, 1.165) is 94.6 Å². The van der Waals surface area contributed by atoms with Crippen LogP contribution in [0.2, 0.25) is 0 Å². The van der Waals surface area contributed by atoms with Gasteiger partial charge in [-0.05, 0) is 59.7 Å². The first-order valence-electron chi connectivity index (χ1n) is 19.6. The Morgan fingerprint density at radius 1 is 0.322 bits per heavy atom. The summed E-state index contributed by atoms with van der Waals surface area (Å²) in [6.45, 7) is 0. The van der Waals surface area contributed by atoms with Crippen molar-refractivity contribution >= 4 is 32.8 Å². The standard InChI is InChI=1S/C53H33N5O/c1-4-13-34(14-5-1)35-23-25-37(26-24-35)46-33-47(57-52(56-46)39-15-6-2-7-16-39)45-22-12-21-43(54-45)36-27-29-38(30-28-36)50-42-31-32-48-51(49(42)41-19-10-11-20-44(41)55-50)58-53(59-48)40-17-8-3-9-18-40/h1-33H. The molecule has 0 saturated carbocycles. The molecule has 59 heavy (non-hydrogen) atoms. The Labute approximate surface area is 340 Å². The van der Waals surface area contributed by atoms with E-state index >= 15 is 0 Å². The Balaban J connectivity index is 0.967. The third kappa shape index (κ3) is 6.39. The van der Waals surface area contributed by atoms with Crippen LogP contribution >= 0.6 is 0 Å². The van der Waals surface area contributed by atoms with Crippen LogP contribution in [0.3, 0.4) is 0 Å². The van der Waals surface area contributed by atoms with Gasteiger partial charge in [0.25, 0.3) is 0 Å². The number of fused-ring (bicyclic) bond motifs is 5. The van der Waals surface area contributed by atoms with Gasteiger partial charge >= 0.3 is 0 Å². The van der Waals surface area contributed by atoms with E-state index in [-0.39, 0.29) is 0 Å². The Kier molecular flexibility index (Phi) is 8.37. The smallest absolute Gasteiger partial charge is 0.227 e. The molecule has 0 radical (unpaired) electrons. The molecular formula is C53H33N5O. The number of oxazole rings is 1. The van der Waals surface area contributed by atoms with E-state index in [1.807, 2.05) is 109 Å². The first-order chi connectivity index (χ1) is 29.2. The third-order valence-electron chi connectivity index (χ3n) is 10.8. The first kappa shape index (κ1) is 34.2. The molecule has 0 N–H and O–H groups in total. The molecule has 0 aliphatic heterocycles. The number of aromatic nitrogens is 5. The number of rotatable bonds is 7. The number of nitrogens with zero attached hydrogens (tertiary/aromatic N) is 5. The molecule has 7 aromatic carbocycles. The number of hydrogen-bond donors (Lipinski definition) is 0. The van der Waals surface area contributed by atoms with Crippen molar-refractivity contribution in [1.82, 2.24) is 24.9 Å². The molecule has 0 fully saturated rings. The third-order valence-corrected chi connectivity index (χ3v) is 10.8. The van der Waals surface area contributed by atoms with Crippen molar-refractivity contribution in [2.75, 3.05) is 0 Å². The molecule has 0 atom stereocenters. The van der Waals surface area contributed by atoms with Crippen LogP contribution in [-0.2, 0) is 0 Å². The number of para-hydroxylation sites is 1. The van der Waals surface area contributed by atoms with Crippen molar-refractivity contribution in [3.05, 3.63) is 200 Å². The Hall–Kier alpha value is -8.09. The molecule has 0 saturated heterocycles. The highest BCUT2D eigenvalue weighted by Crippen LogP contribution is 2.39. The molecule has 0 aliphatic rings. The van der Waals surface area contributed by atoms with Crippen molar-refractivity contribution in [3.63, 3.8) is 0 Å². The molecule has 0 bridgehead atoms. The summed E-state index contributed by atoms with van der Waals surface area (Å²) in [6.07, 6.45) is 0. The zero-order valence-electron chi connectivity index (χ0n) is 31.7. The SMILES string of the molecule is c1ccc(-c2ccc(-c3cc(-c4cccc(-c5ccc(-c6nc7ccccc7c7c6ccc6oc(-c8ccccc8)nc67)cc5)n4)nc(-c4ccccc4)n3)cc2)cc1. The molecular weight excluding hydrogens is 723 g/mol. The van der Waals surface area contributed by atoms with Crippen LogP contribution in [0.25, 0.3) is 112 Å². The summed E-state index contributed by atoms with van der Waals surface area (Å²) >= 11 is 0. The summed E-state index contributed by atoms with van der Waals surface area (Å²) in [5.41, 5.74) is 13.8. The lowest BCUT2D eigenvalue weighted by atomic mass is 9.98. The largest absolute Gasteiger partial charge is 0.436 e. The maximum Gasteiger partial charge on any atom is 0.227 e. The first-order valence-corrected chi connectivity index (χ1v) is 19.6. The minimum Gasteiger partial charge on any atom is -0.436 e. The lowest BCUT2D eigenvalue weighted by Gasteiger charge is -2.12. The Morgan fingerprint density at radius 2 is 0.898 bits per heavy atom. The van der Waals surface area contributed by atoms with E-state index in [4.69, 9.17) is 29.3 Å². The van der Waals surface area contributed by atoms with Crippen molar-refractivity contribution in [2.45, 2.75) is 0 Å². The van der Waals surface area contributed by atoms with Gasteiger partial charge in [0.05, 0.1) is 34.0 Å². The van der Waals surface area contributed by atoms with E-state index in [1.54, 1.807) is 0 Å². The molecule has 6 heteroatoms. The summed E-state index contributed by atoms with van der Waals surface area (Å²) in [4.78, 5) is 25.5. The molecule has 6 nitrogen and oxygen atoms in total. The van der Waals surface area contributed by atoms with Gasteiger partial charge in [-0.25, -0.2) is 24.9 Å². The molecule has 0 unspecified atom stereocenters. The number of benzene rings is 7. The van der Waals surface area contributed by atoms with Crippen LogP contribution in [0, 0.1) is 0 Å². The van der Waals surface area contributed by atoms with Gasteiger partial charge < -0.3 is 4.42 Å². The summed E-state index contributed by atoms with van der Waals surface area (Å²) < 4.78 is 6.29. The van der Waals surface area contributed by atoms with Crippen LogP contribution in [0.4, 0.5) is 0 Å². The van der Waals surface area contributed by atoms with E-state index in [1.165, 1.54) is 5.56 Å². The minimum absolute atomic E-state index is 0.599. The second-order valence-corrected chi connectivity index (χ2v) is 14.5. The molecule has 276 valence electrons. The van der Waals surface area contributed by atoms with Gasteiger partial charge in [-0.15, -0.1) is 0 Å². The van der Waals surface area contributed by atoms with Gasteiger partial charge in [0.1, 0.15) is 5.52 Å². The van der Waals surface area contributed by atoms with Crippen molar-refractivity contribution in [2.24, 2.45) is 0 Å². The van der Waals surface area contributed by atoms with Gasteiger partial charge in [0, 0.05) is 44.0 Å². The van der Waals surface area contributed by atoms with E-state index in [9.17, 15) is 0 Å². The highest BCUT2D eigenvalue weighted by atomic mass is 16.3. The second kappa shape index (κ2) is 14.4. The summed E-state index contributed by atoms with van der Waals surface area (Å²) in [7, 11) is 0. The van der Waals surface area contributed by atoms with E-state index < -0.39 is 0 Å². The maximum atomic E-state index is 6.29. The molecule has 4 aromatic heterocycles. The van der Waals surface area contributed by atoms with Crippen molar-refractivity contribution in [3.8, 4) is 79.1 Å². The average molecular weight is 756 g/mol. The van der Waals surface area contributed by atoms with E-state index in [2.05, 4.69) is 91.0 Å². The highest BCUT2D eigenvalue weighted by Gasteiger charge is 2.18. The number of pyridine rings is 2. The molecule has 11 aromatic rings. The van der Waals surface area contributed by atoms with E-state index in [0.29, 0.717) is 11.7 Å². The Bertz CT molecular complexity index is 3290. The minimum atomic E-state index is 0.599. The quantitative estimate of drug-likeness (QED) is 0.151. The molecule has 0 aliphatic carbocycles. The van der Waals surface area contributed by atoms with Gasteiger partial charge in [-0.2, -0.15) is 0 Å². The second-order valence-electron chi connectivity index (χ2n) is 14.5. The van der Waals surface area contributed by atoms with Gasteiger partial charge in [-0.3, -0.25) is 0 Å². The van der Waals surface area contributed by atoms with Crippen LogP contribution in [0.1, 0.15) is 0 Å². The van der Waals surface area contributed by atoms with Gasteiger partial charge in [0.15, 0.2) is 11.4 Å². The summed E-state index contributed by atoms with van der Waals surface area (Å²) in [6, 6.07) is 68.0. The lowest BCUT2D eigenvalue weighted by molar-refractivity contribution is 0.620. The molecule has 0 spiro atoms. The monoisotopic (exact) mass is 755 g/mol. The van der Waals surface area contributed by atoms with Crippen molar-refractivity contribution < 1.29 is 4.42 Å². The lowest BCUT2D eigenvalue weighted by Crippen LogP contribution is -1.97. The van der Waals surface area contributed by atoms with Gasteiger partial charge in [-0.1, -0.05) is 152 Å². The fraction of sp³-hybridized carbons (Fsp3) is 0. The van der Waals surface area contributed by atoms with Crippen molar-refractivity contribution in [1.29, 1.82) is 0 Å². The molecule has 0 amide bonds. The van der Waals surface area contributed by atoms with Gasteiger partial charge in [0.2, 0.25) is 5.89 Å². The predicted octanol–water partition coefficient (Wildman–Crippen LogP) is 13.4. The summed E-state index contributed by atoms with van der Waals surface area (Å²) in [5, 5.41) is 3.08. The summed E-state index contributed by atoms with van der Waals surface area (Å²) in [5.74, 6) is 1.25. The number of hydrogen-bond acceptors (Lipinski definition) is 6. The zero-order valence-corrected chi connectivity index (χ0v) is 31.7. The van der Waals surface area contributed by atoms with Crippen LogP contribution in [0.15, 0.2) is 205 Å². The molecule has 4 heterocycles. The topological polar surface area (TPSA) is 77.6 Å². The van der Waals surface area contributed by atoms with Crippen LogP contribution in [-0.4, -0.2) is 24.9 Å². The normalized spacial score (nSPS) is 11.4. The average Bonchev–Trinajstić information content (AvgIpc) is 3.77. The maximum absolute atomic E-state index is 6.29. The fourth-order valence-electron chi connectivity index (χ4n) is 7.80.